The minimum Gasteiger partial charge on any atom is -0.481 e. The van der Waals surface area contributed by atoms with Gasteiger partial charge in [0.05, 0.1) is 17.8 Å². The van der Waals surface area contributed by atoms with Crippen molar-refractivity contribution in [3.05, 3.63) is 65.9 Å². The van der Waals surface area contributed by atoms with Crippen molar-refractivity contribution in [3.8, 4) is 16.9 Å². The Morgan fingerprint density at radius 1 is 1.03 bits per heavy atom. The van der Waals surface area contributed by atoms with Crippen molar-refractivity contribution < 1.29 is 36.3 Å². The Bertz CT molecular complexity index is 1280. The van der Waals surface area contributed by atoms with Crippen LogP contribution in [0.5, 0.6) is 0 Å². The fourth-order valence-corrected chi connectivity index (χ4v) is 3.80. The quantitative estimate of drug-likeness (QED) is 0.527. The molecule has 0 radical (unpaired) electrons. The Kier molecular flexibility index (Phi) is 6.58. The lowest BCUT2D eigenvalue weighted by Gasteiger charge is -2.10. The first-order valence-electron chi connectivity index (χ1n) is 9.49. The molecule has 0 fully saturated rings. The number of nitrogens with zero attached hydrogens (tertiary/aromatic N) is 2. The summed E-state index contributed by atoms with van der Waals surface area (Å²) in [5.74, 6) is -1.32. The van der Waals surface area contributed by atoms with Gasteiger partial charge < -0.3 is 5.11 Å². The highest BCUT2D eigenvalue weighted by atomic mass is 32.2. The monoisotopic (exact) mass is 481 g/mol. The Balaban J connectivity index is 1.91. The van der Waals surface area contributed by atoms with Gasteiger partial charge in [-0.15, -0.1) is 0 Å². The minimum absolute atomic E-state index is 0.0255. The van der Waals surface area contributed by atoms with Crippen molar-refractivity contribution in [1.29, 1.82) is 0 Å². The number of benzene rings is 2. The molecule has 12 heteroatoms. The highest BCUT2D eigenvalue weighted by Crippen LogP contribution is 2.33. The van der Waals surface area contributed by atoms with Gasteiger partial charge in [-0.1, -0.05) is 29.8 Å². The van der Waals surface area contributed by atoms with Crippen molar-refractivity contribution in [2.24, 2.45) is 0 Å². The number of carbonyl (C=O) groups excluding carboxylic acids is 1. The van der Waals surface area contributed by atoms with Crippen LogP contribution < -0.4 is 4.72 Å². The van der Waals surface area contributed by atoms with E-state index in [9.17, 15) is 31.2 Å². The number of anilines is 1. The predicted molar refractivity (Wildman–Crippen MR) is 113 cm³/mol. The van der Waals surface area contributed by atoms with E-state index in [-0.39, 0.29) is 17.1 Å². The summed E-state index contributed by atoms with van der Waals surface area (Å²) in [7, 11) is -4.48. The third kappa shape index (κ3) is 5.77. The van der Waals surface area contributed by atoms with E-state index in [1.54, 1.807) is 24.3 Å². The summed E-state index contributed by atoms with van der Waals surface area (Å²) >= 11 is 0. The molecule has 0 amide bonds. The molecule has 0 aliphatic heterocycles. The van der Waals surface area contributed by atoms with Crippen molar-refractivity contribution in [2.45, 2.75) is 25.9 Å². The second kappa shape index (κ2) is 9.06. The van der Waals surface area contributed by atoms with Crippen molar-refractivity contribution >= 4 is 26.8 Å². The highest BCUT2D eigenvalue weighted by molar-refractivity contribution is 8.07. The number of aromatic nitrogens is 2. The number of halogens is 3. The first-order chi connectivity index (χ1) is 15.4. The zero-order chi connectivity index (χ0) is 24.4. The van der Waals surface area contributed by atoms with Crippen molar-refractivity contribution in [2.75, 3.05) is 4.72 Å². The molecule has 1 aromatic heterocycles. The summed E-state index contributed by atoms with van der Waals surface area (Å²) in [6.45, 7) is 1.84. The number of aliphatic carboxylic acids is 1. The molecule has 0 saturated carbocycles. The molecule has 3 rings (SSSR count). The maximum atomic E-state index is 13.3. The van der Waals surface area contributed by atoms with Gasteiger partial charge in [-0.3, -0.25) is 14.3 Å². The van der Waals surface area contributed by atoms with Gasteiger partial charge in [-0.05, 0) is 37.3 Å². The Morgan fingerprint density at radius 2 is 1.64 bits per heavy atom. The Hall–Kier alpha value is -3.67. The van der Waals surface area contributed by atoms with Crippen LogP contribution in [0.15, 0.2) is 54.6 Å². The summed E-state index contributed by atoms with van der Waals surface area (Å²) in [6, 6.07) is 12.9. The summed E-state index contributed by atoms with van der Waals surface area (Å²) in [6.07, 6.45) is -6.01. The number of hydrogen-bond donors (Lipinski definition) is 2. The molecule has 0 spiro atoms. The van der Waals surface area contributed by atoms with Crippen LogP contribution in [0.3, 0.4) is 0 Å². The van der Waals surface area contributed by atoms with Crippen LogP contribution in [-0.4, -0.2) is 34.4 Å². The zero-order valence-electron chi connectivity index (χ0n) is 17.1. The average Bonchev–Trinajstić information content (AvgIpc) is 3.18. The summed E-state index contributed by atoms with van der Waals surface area (Å²) < 4.78 is 67.1. The summed E-state index contributed by atoms with van der Waals surface area (Å²) in [5, 5.41) is 11.0. The van der Waals surface area contributed by atoms with E-state index < -0.39 is 45.8 Å². The number of carbonyl (C=O) groups is 2. The molecule has 0 atom stereocenters. The standard InChI is InChI=1S/C21H18F3N3O5S/c1-13-2-4-14(5-3-13)17-12-18(21(22,23)24)25-27(17)16-8-6-15(7-9-16)26-33(31,32)20(30)11-10-19(28)29/h2-9,12,26H,10-11H2,1H3,(H,28,29). The first-order valence-corrected chi connectivity index (χ1v) is 11.0. The lowest BCUT2D eigenvalue weighted by Crippen LogP contribution is -2.23. The molecule has 0 unspecified atom stereocenters. The number of alkyl halides is 3. The largest absolute Gasteiger partial charge is 0.481 e. The summed E-state index contributed by atoms with van der Waals surface area (Å²) in [4.78, 5) is 22.3. The van der Waals surface area contributed by atoms with Gasteiger partial charge in [-0.25, -0.2) is 4.68 Å². The fraction of sp³-hybridized carbons (Fsp3) is 0.190. The molecule has 8 nitrogen and oxygen atoms in total. The molecular weight excluding hydrogens is 463 g/mol. The molecule has 0 bridgehead atoms. The predicted octanol–water partition coefficient (Wildman–Crippen LogP) is 4.00. The molecule has 0 aliphatic carbocycles. The van der Waals surface area contributed by atoms with Crippen LogP contribution in [0.1, 0.15) is 24.1 Å². The van der Waals surface area contributed by atoms with Crippen LogP contribution in [0.4, 0.5) is 18.9 Å². The zero-order valence-corrected chi connectivity index (χ0v) is 17.9. The van der Waals surface area contributed by atoms with Gasteiger partial charge in [0.2, 0.25) is 0 Å². The molecule has 2 N–H and O–H groups in total. The number of hydrogen-bond acceptors (Lipinski definition) is 5. The van der Waals surface area contributed by atoms with Crippen LogP contribution in [0, 0.1) is 6.92 Å². The third-order valence-electron chi connectivity index (χ3n) is 4.55. The number of carboxylic acid groups (broad SMARTS) is 1. The molecule has 0 aliphatic rings. The number of sulfonamides is 1. The van der Waals surface area contributed by atoms with Crippen LogP contribution in [0.2, 0.25) is 0 Å². The second-order valence-electron chi connectivity index (χ2n) is 7.11. The molecular formula is C21H18F3N3O5S. The smallest absolute Gasteiger partial charge is 0.435 e. The number of nitrogens with one attached hydrogen (secondary N) is 1. The SMILES string of the molecule is Cc1ccc(-c2cc(C(F)(F)F)nn2-c2ccc(NS(=O)(=O)C(=O)CCC(=O)O)cc2)cc1. The van der Waals surface area contributed by atoms with E-state index in [0.717, 1.165) is 16.3 Å². The fourth-order valence-electron chi connectivity index (χ4n) is 2.87. The number of aryl methyl sites for hydroxylation is 1. The normalized spacial score (nSPS) is 11.9. The van der Waals surface area contributed by atoms with Crippen LogP contribution in [-0.2, 0) is 25.8 Å². The number of carboxylic acids is 1. The average molecular weight is 481 g/mol. The first kappa shape index (κ1) is 24.0. The minimum atomic E-state index is -4.67. The van der Waals surface area contributed by atoms with E-state index in [4.69, 9.17) is 5.11 Å². The maximum Gasteiger partial charge on any atom is 0.435 e. The maximum absolute atomic E-state index is 13.3. The second-order valence-corrected chi connectivity index (χ2v) is 8.77. The van der Waals surface area contributed by atoms with E-state index in [1.807, 2.05) is 11.6 Å². The Morgan fingerprint density at radius 3 is 2.18 bits per heavy atom. The van der Waals surface area contributed by atoms with E-state index >= 15 is 0 Å². The van der Waals surface area contributed by atoms with E-state index in [1.165, 1.54) is 24.3 Å². The van der Waals surface area contributed by atoms with Gasteiger partial charge in [0.25, 0.3) is 15.1 Å². The Labute approximate surface area is 186 Å². The molecule has 174 valence electrons. The van der Waals surface area contributed by atoms with Crippen molar-refractivity contribution in [3.63, 3.8) is 0 Å². The lowest BCUT2D eigenvalue weighted by atomic mass is 10.1. The molecule has 0 saturated heterocycles. The van der Waals surface area contributed by atoms with Gasteiger partial charge in [0.1, 0.15) is 0 Å². The van der Waals surface area contributed by atoms with Crippen molar-refractivity contribution in [1.82, 2.24) is 9.78 Å². The molecule has 3 aromatic rings. The lowest BCUT2D eigenvalue weighted by molar-refractivity contribution is -0.141. The third-order valence-corrected chi connectivity index (χ3v) is 5.86. The topological polar surface area (TPSA) is 118 Å². The van der Waals surface area contributed by atoms with E-state index in [0.29, 0.717) is 5.56 Å². The number of rotatable bonds is 7. The molecule has 1 heterocycles. The van der Waals surface area contributed by atoms with Gasteiger partial charge in [0.15, 0.2) is 5.69 Å². The van der Waals surface area contributed by atoms with Gasteiger partial charge in [-0.2, -0.15) is 26.7 Å². The highest BCUT2D eigenvalue weighted by Gasteiger charge is 2.35. The summed E-state index contributed by atoms with van der Waals surface area (Å²) in [5.41, 5.74) is 0.711. The van der Waals surface area contributed by atoms with Gasteiger partial charge >= 0.3 is 12.1 Å². The van der Waals surface area contributed by atoms with Crippen LogP contribution in [0.25, 0.3) is 16.9 Å². The molecule has 33 heavy (non-hydrogen) atoms. The van der Waals surface area contributed by atoms with Crippen LogP contribution >= 0.6 is 0 Å². The van der Waals surface area contributed by atoms with Gasteiger partial charge in [0, 0.05) is 17.7 Å². The van der Waals surface area contributed by atoms with E-state index in [2.05, 4.69) is 5.10 Å². The molecule has 2 aromatic carbocycles.